The number of carbonyl (C=O) groups excluding carboxylic acids is 2. The van der Waals surface area contributed by atoms with Crippen molar-refractivity contribution in [2.75, 3.05) is 23.3 Å². The van der Waals surface area contributed by atoms with E-state index >= 15 is 0 Å². The van der Waals surface area contributed by atoms with E-state index in [9.17, 15) is 18.8 Å². The second kappa shape index (κ2) is 8.08. The van der Waals surface area contributed by atoms with Gasteiger partial charge in [-0.1, -0.05) is 19.1 Å². The predicted molar refractivity (Wildman–Crippen MR) is 102 cm³/mol. The quantitative estimate of drug-likeness (QED) is 0.712. The summed E-state index contributed by atoms with van der Waals surface area (Å²) >= 11 is 0. The molecule has 0 bridgehead atoms. The minimum absolute atomic E-state index is 0.166. The highest BCUT2D eigenvalue weighted by Crippen LogP contribution is 2.22. The molecular weight excluding hydrogens is 365 g/mol. The summed E-state index contributed by atoms with van der Waals surface area (Å²) in [6.07, 6.45) is 0.373. The van der Waals surface area contributed by atoms with Crippen LogP contribution in [0.4, 0.5) is 20.6 Å². The van der Waals surface area contributed by atoms with Crippen LogP contribution in [-0.2, 0) is 11.2 Å². The van der Waals surface area contributed by atoms with Gasteiger partial charge in [-0.25, -0.2) is 9.18 Å². The van der Waals surface area contributed by atoms with Crippen LogP contribution in [0.5, 0.6) is 0 Å². The third-order valence-corrected chi connectivity index (χ3v) is 4.54. The van der Waals surface area contributed by atoms with Crippen molar-refractivity contribution in [2.24, 2.45) is 5.92 Å². The van der Waals surface area contributed by atoms with Crippen molar-refractivity contribution >= 4 is 29.3 Å². The molecule has 28 heavy (non-hydrogen) atoms. The second-order valence-corrected chi connectivity index (χ2v) is 6.64. The van der Waals surface area contributed by atoms with Crippen molar-refractivity contribution in [2.45, 2.75) is 13.3 Å². The van der Waals surface area contributed by atoms with Crippen LogP contribution in [0.25, 0.3) is 0 Å². The van der Waals surface area contributed by atoms with Crippen LogP contribution in [-0.4, -0.2) is 36.1 Å². The molecule has 0 radical (unpaired) electrons. The van der Waals surface area contributed by atoms with Gasteiger partial charge in [0.2, 0.25) is 0 Å². The molecular formula is C20H20FN3O4. The number of benzene rings is 2. The maximum absolute atomic E-state index is 14.2. The monoisotopic (exact) mass is 385 g/mol. The van der Waals surface area contributed by atoms with Gasteiger partial charge in [0.1, 0.15) is 5.82 Å². The van der Waals surface area contributed by atoms with Gasteiger partial charge in [-0.05, 0) is 42.3 Å². The van der Waals surface area contributed by atoms with E-state index in [4.69, 9.17) is 5.11 Å². The van der Waals surface area contributed by atoms with Gasteiger partial charge in [0.25, 0.3) is 5.91 Å². The van der Waals surface area contributed by atoms with Crippen molar-refractivity contribution in [3.8, 4) is 0 Å². The molecule has 1 unspecified atom stereocenters. The molecule has 3 amide bonds. The number of carboxylic acid groups (broad SMARTS) is 1. The summed E-state index contributed by atoms with van der Waals surface area (Å²) < 4.78 is 14.2. The third kappa shape index (κ3) is 4.28. The highest BCUT2D eigenvalue weighted by atomic mass is 19.1. The molecule has 146 valence electrons. The van der Waals surface area contributed by atoms with Crippen LogP contribution in [0.2, 0.25) is 0 Å². The van der Waals surface area contributed by atoms with E-state index in [1.54, 1.807) is 31.2 Å². The Morgan fingerprint density at radius 3 is 2.57 bits per heavy atom. The fourth-order valence-electron chi connectivity index (χ4n) is 2.94. The van der Waals surface area contributed by atoms with Crippen LogP contribution in [0.3, 0.4) is 0 Å². The zero-order chi connectivity index (χ0) is 20.3. The summed E-state index contributed by atoms with van der Waals surface area (Å²) in [5.74, 6) is -2.71. The third-order valence-electron chi connectivity index (χ3n) is 4.54. The van der Waals surface area contributed by atoms with E-state index in [0.717, 1.165) is 11.6 Å². The molecule has 7 nitrogen and oxygen atoms in total. The molecule has 1 atom stereocenters. The standard InChI is InChI=1S/C20H20FN3O4/c1-12(19(26)27)10-13-2-4-14(5-3-13)23-18(25)16-11-15(6-7-17(16)21)24-9-8-22-20(24)28/h2-7,11-12H,8-10H2,1H3,(H,22,28)(H,23,25)(H,26,27). The van der Waals surface area contributed by atoms with Gasteiger partial charge in [-0.2, -0.15) is 0 Å². The summed E-state index contributed by atoms with van der Waals surface area (Å²) in [6.45, 7) is 2.56. The smallest absolute Gasteiger partial charge is 0.321 e. The van der Waals surface area contributed by atoms with Crippen LogP contribution in [0.1, 0.15) is 22.8 Å². The number of nitrogens with zero attached hydrogens (tertiary/aromatic N) is 1. The molecule has 2 aromatic carbocycles. The molecule has 0 saturated carbocycles. The fraction of sp³-hybridized carbons (Fsp3) is 0.250. The van der Waals surface area contributed by atoms with Gasteiger partial charge >= 0.3 is 12.0 Å². The highest BCUT2D eigenvalue weighted by Gasteiger charge is 2.23. The Labute approximate surface area is 161 Å². The maximum Gasteiger partial charge on any atom is 0.321 e. The van der Waals surface area contributed by atoms with Gasteiger partial charge in [0.15, 0.2) is 0 Å². The van der Waals surface area contributed by atoms with E-state index in [0.29, 0.717) is 30.9 Å². The van der Waals surface area contributed by atoms with E-state index < -0.39 is 23.6 Å². The minimum atomic E-state index is -0.876. The summed E-state index contributed by atoms with van der Waals surface area (Å²) in [6, 6.07) is 10.4. The Balaban J connectivity index is 1.72. The number of hydrogen-bond acceptors (Lipinski definition) is 3. The van der Waals surface area contributed by atoms with Crippen LogP contribution >= 0.6 is 0 Å². The molecule has 1 fully saturated rings. The topological polar surface area (TPSA) is 98.7 Å². The zero-order valence-electron chi connectivity index (χ0n) is 15.2. The molecule has 8 heteroatoms. The molecule has 2 aromatic rings. The van der Waals surface area contributed by atoms with Gasteiger partial charge in [-0.3, -0.25) is 14.5 Å². The van der Waals surface area contributed by atoms with E-state index in [1.165, 1.54) is 17.0 Å². The Kier molecular flexibility index (Phi) is 5.58. The SMILES string of the molecule is CC(Cc1ccc(NC(=O)c2cc(N3CCNC3=O)ccc2F)cc1)C(=O)O. The molecule has 1 saturated heterocycles. The second-order valence-electron chi connectivity index (χ2n) is 6.64. The summed E-state index contributed by atoms with van der Waals surface area (Å²) in [4.78, 5) is 36.6. The predicted octanol–water partition coefficient (Wildman–Crippen LogP) is 2.87. The first-order valence-electron chi connectivity index (χ1n) is 8.83. The first kappa shape index (κ1) is 19.3. The van der Waals surface area contributed by atoms with E-state index in [2.05, 4.69) is 10.6 Å². The number of amides is 3. The Morgan fingerprint density at radius 2 is 1.96 bits per heavy atom. The van der Waals surface area contributed by atoms with Crippen LogP contribution < -0.4 is 15.5 Å². The Hall–Kier alpha value is -3.42. The molecule has 0 aromatic heterocycles. The van der Waals surface area contributed by atoms with Crippen molar-refractivity contribution in [3.05, 3.63) is 59.4 Å². The van der Waals surface area contributed by atoms with Crippen molar-refractivity contribution in [1.29, 1.82) is 0 Å². The van der Waals surface area contributed by atoms with Crippen LogP contribution in [0, 0.1) is 11.7 Å². The highest BCUT2D eigenvalue weighted by molar-refractivity contribution is 6.05. The Bertz CT molecular complexity index is 914. The molecule has 1 aliphatic heterocycles. The lowest BCUT2D eigenvalue weighted by Crippen LogP contribution is -2.28. The van der Waals surface area contributed by atoms with E-state index in [1.807, 2.05) is 0 Å². The number of rotatable bonds is 6. The van der Waals surface area contributed by atoms with Gasteiger partial charge in [0.05, 0.1) is 11.5 Å². The average molecular weight is 385 g/mol. The number of nitrogens with one attached hydrogen (secondary N) is 2. The first-order chi connectivity index (χ1) is 13.3. The number of hydrogen-bond donors (Lipinski definition) is 3. The number of carboxylic acids is 1. The van der Waals surface area contributed by atoms with Crippen LogP contribution in [0.15, 0.2) is 42.5 Å². The number of urea groups is 1. The first-order valence-corrected chi connectivity index (χ1v) is 8.83. The van der Waals surface area contributed by atoms with Crippen molar-refractivity contribution in [1.82, 2.24) is 5.32 Å². The van der Waals surface area contributed by atoms with E-state index in [-0.39, 0.29) is 11.6 Å². The zero-order valence-corrected chi connectivity index (χ0v) is 15.2. The maximum atomic E-state index is 14.2. The average Bonchev–Trinajstić information content (AvgIpc) is 3.09. The molecule has 0 aliphatic carbocycles. The lowest BCUT2D eigenvalue weighted by atomic mass is 10.0. The molecule has 3 rings (SSSR count). The molecule has 1 aliphatic rings. The lowest BCUT2D eigenvalue weighted by molar-refractivity contribution is -0.141. The summed E-state index contributed by atoms with van der Waals surface area (Å²) in [5, 5.41) is 14.2. The number of anilines is 2. The van der Waals surface area contributed by atoms with Crippen molar-refractivity contribution in [3.63, 3.8) is 0 Å². The van der Waals surface area contributed by atoms with Crippen molar-refractivity contribution < 1.29 is 23.9 Å². The van der Waals surface area contributed by atoms with Gasteiger partial charge in [-0.15, -0.1) is 0 Å². The molecule has 1 heterocycles. The summed E-state index contributed by atoms with van der Waals surface area (Å²) in [7, 11) is 0. The minimum Gasteiger partial charge on any atom is -0.481 e. The normalized spacial score (nSPS) is 14.5. The number of aliphatic carboxylic acids is 1. The number of carbonyl (C=O) groups is 3. The summed E-state index contributed by atoms with van der Waals surface area (Å²) in [5.41, 5.74) is 1.56. The Morgan fingerprint density at radius 1 is 1.25 bits per heavy atom. The number of halogens is 1. The van der Waals surface area contributed by atoms with Gasteiger partial charge in [0, 0.05) is 24.5 Å². The lowest BCUT2D eigenvalue weighted by Gasteiger charge is -2.15. The fourth-order valence-corrected chi connectivity index (χ4v) is 2.94. The van der Waals surface area contributed by atoms with Gasteiger partial charge < -0.3 is 15.7 Å². The molecule has 0 spiro atoms. The largest absolute Gasteiger partial charge is 0.481 e. The molecule has 3 N–H and O–H groups in total.